The average Bonchev–Trinajstić information content (AvgIpc) is 2.82. The molecule has 4 nitrogen and oxygen atoms in total. The van der Waals surface area contributed by atoms with Crippen LogP contribution >= 0.6 is 11.3 Å². The molecule has 0 saturated carbocycles. The molecule has 1 aromatic heterocycles. The standard InChI is InChI=1S/C17H19FN4S/c1-11-9-13-16(22-7-5-21(2)6-8-22)19-15-10-12(18)3-4-14(15)20-17(13)23-11/h3-4,9-10,20H,5-8H2,1-2H3. The minimum atomic E-state index is -0.256. The number of nitrogens with zero attached hydrogens (tertiary/aromatic N) is 3. The third-order valence-electron chi connectivity index (χ3n) is 4.33. The molecular formula is C17H19FN4S. The van der Waals surface area contributed by atoms with Gasteiger partial charge in [0.1, 0.15) is 16.7 Å². The molecule has 3 heterocycles. The van der Waals surface area contributed by atoms with Crippen molar-refractivity contribution in [2.45, 2.75) is 6.92 Å². The Morgan fingerprint density at radius 1 is 1.17 bits per heavy atom. The fourth-order valence-corrected chi connectivity index (χ4v) is 3.95. The lowest BCUT2D eigenvalue weighted by Crippen LogP contribution is -2.47. The summed E-state index contributed by atoms with van der Waals surface area (Å²) in [5.74, 6) is 0.697. The Bertz CT molecular complexity index is 775. The molecule has 2 aliphatic heterocycles. The fourth-order valence-electron chi connectivity index (χ4n) is 3.03. The van der Waals surface area contributed by atoms with Gasteiger partial charge in [-0.15, -0.1) is 11.3 Å². The third kappa shape index (κ3) is 2.72. The second-order valence-electron chi connectivity index (χ2n) is 6.11. The van der Waals surface area contributed by atoms with Gasteiger partial charge in [-0.2, -0.15) is 0 Å². The number of hydrogen-bond donors (Lipinski definition) is 1. The predicted octanol–water partition coefficient (Wildman–Crippen LogP) is 3.58. The summed E-state index contributed by atoms with van der Waals surface area (Å²) in [5, 5.41) is 4.52. The number of halogens is 1. The normalized spacial score (nSPS) is 17.9. The molecule has 0 atom stereocenters. The van der Waals surface area contributed by atoms with Crippen LogP contribution in [0.5, 0.6) is 0 Å². The number of thiophene rings is 1. The summed E-state index contributed by atoms with van der Waals surface area (Å²) in [6, 6.07) is 6.91. The average molecular weight is 330 g/mol. The second-order valence-corrected chi connectivity index (χ2v) is 7.37. The summed E-state index contributed by atoms with van der Waals surface area (Å²) in [4.78, 5) is 10.7. The van der Waals surface area contributed by atoms with Crippen molar-refractivity contribution in [3.63, 3.8) is 0 Å². The quantitative estimate of drug-likeness (QED) is 0.801. The highest BCUT2D eigenvalue weighted by Gasteiger charge is 2.25. The molecule has 1 fully saturated rings. The number of anilines is 2. The Morgan fingerprint density at radius 2 is 1.96 bits per heavy atom. The number of nitrogens with one attached hydrogen (secondary N) is 1. The van der Waals surface area contributed by atoms with Crippen LogP contribution in [0.25, 0.3) is 0 Å². The van der Waals surface area contributed by atoms with Crippen molar-refractivity contribution in [1.29, 1.82) is 0 Å². The number of aliphatic imine (C=N–C) groups is 1. The second kappa shape index (κ2) is 5.62. The summed E-state index contributed by atoms with van der Waals surface area (Å²) in [7, 11) is 2.14. The van der Waals surface area contributed by atoms with Gasteiger partial charge in [0.2, 0.25) is 0 Å². The number of aryl methyl sites for hydroxylation is 1. The van der Waals surface area contributed by atoms with Crippen LogP contribution in [0.4, 0.5) is 20.8 Å². The van der Waals surface area contributed by atoms with Crippen molar-refractivity contribution in [1.82, 2.24) is 9.80 Å². The maximum Gasteiger partial charge on any atom is 0.139 e. The monoisotopic (exact) mass is 330 g/mol. The van der Waals surface area contributed by atoms with Crippen LogP contribution in [-0.4, -0.2) is 48.9 Å². The van der Waals surface area contributed by atoms with Gasteiger partial charge in [-0.1, -0.05) is 0 Å². The van der Waals surface area contributed by atoms with Gasteiger partial charge in [-0.3, -0.25) is 0 Å². The van der Waals surface area contributed by atoms with Crippen LogP contribution < -0.4 is 5.32 Å². The predicted molar refractivity (Wildman–Crippen MR) is 94.0 cm³/mol. The van der Waals surface area contributed by atoms with Crippen molar-refractivity contribution in [3.05, 3.63) is 40.5 Å². The summed E-state index contributed by atoms with van der Waals surface area (Å²) in [6.45, 7) is 6.01. The van der Waals surface area contributed by atoms with E-state index in [1.54, 1.807) is 17.4 Å². The molecule has 2 aliphatic rings. The van der Waals surface area contributed by atoms with Gasteiger partial charge in [-0.25, -0.2) is 9.38 Å². The van der Waals surface area contributed by atoms with Crippen LogP contribution in [0.2, 0.25) is 0 Å². The van der Waals surface area contributed by atoms with Gasteiger partial charge in [0.15, 0.2) is 0 Å². The number of benzene rings is 1. The number of likely N-dealkylation sites (N-methyl/N-ethyl adjacent to an activating group) is 1. The first kappa shape index (κ1) is 14.7. The van der Waals surface area contributed by atoms with E-state index in [4.69, 9.17) is 4.99 Å². The minimum Gasteiger partial charge on any atom is -0.353 e. The maximum absolute atomic E-state index is 13.7. The molecule has 0 radical (unpaired) electrons. The first-order valence-electron chi connectivity index (χ1n) is 7.80. The lowest BCUT2D eigenvalue weighted by atomic mass is 10.2. The van der Waals surface area contributed by atoms with Gasteiger partial charge in [0.25, 0.3) is 0 Å². The number of fused-ring (bicyclic) bond motifs is 2. The molecule has 6 heteroatoms. The van der Waals surface area contributed by atoms with Gasteiger partial charge >= 0.3 is 0 Å². The molecule has 2 aromatic rings. The highest BCUT2D eigenvalue weighted by Crippen LogP contribution is 2.39. The smallest absolute Gasteiger partial charge is 0.139 e. The summed E-state index contributed by atoms with van der Waals surface area (Å²) >= 11 is 1.72. The number of rotatable bonds is 0. The maximum atomic E-state index is 13.7. The molecule has 4 rings (SSSR count). The van der Waals surface area contributed by atoms with Gasteiger partial charge in [0.05, 0.1) is 16.9 Å². The molecular weight excluding hydrogens is 311 g/mol. The SMILES string of the molecule is Cc1cc2c(s1)Nc1ccc(F)cc1N=C2N1CCN(C)CC1. The van der Waals surface area contributed by atoms with E-state index in [0.29, 0.717) is 5.69 Å². The Morgan fingerprint density at radius 3 is 2.74 bits per heavy atom. The zero-order chi connectivity index (χ0) is 16.0. The molecule has 0 unspecified atom stereocenters. The third-order valence-corrected chi connectivity index (χ3v) is 5.30. The summed E-state index contributed by atoms with van der Waals surface area (Å²) in [6.07, 6.45) is 0. The fraction of sp³-hybridized carbons (Fsp3) is 0.353. The Hall–Kier alpha value is -1.92. The van der Waals surface area contributed by atoms with Gasteiger partial charge in [0, 0.05) is 37.1 Å². The largest absolute Gasteiger partial charge is 0.353 e. The zero-order valence-electron chi connectivity index (χ0n) is 13.3. The molecule has 1 N–H and O–H groups in total. The van der Waals surface area contributed by atoms with Crippen LogP contribution in [0.15, 0.2) is 29.3 Å². The molecule has 1 aromatic carbocycles. The van der Waals surface area contributed by atoms with Crippen molar-refractivity contribution in [2.24, 2.45) is 4.99 Å². The Labute approximate surface area is 139 Å². The molecule has 1 saturated heterocycles. The minimum absolute atomic E-state index is 0.256. The first-order valence-corrected chi connectivity index (χ1v) is 8.61. The van der Waals surface area contributed by atoms with E-state index in [2.05, 4.69) is 35.2 Å². The van der Waals surface area contributed by atoms with Crippen LogP contribution in [0, 0.1) is 12.7 Å². The highest BCUT2D eigenvalue weighted by molar-refractivity contribution is 7.16. The van der Waals surface area contributed by atoms with E-state index in [9.17, 15) is 4.39 Å². The zero-order valence-corrected chi connectivity index (χ0v) is 14.1. The lowest BCUT2D eigenvalue weighted by Gasteiger charge is -2.34. The number of piperazine rings is 1. The number of amidine groups is 1. The van der Waals surface area contributed by atoms with Crippen LogP contribution in [0.1, 0.15) is 10.4 Å². The molecule has 0 amide bonds. The lowest BCUT2D eigenvalue weighted by molar-refractivity contribution is 0.216. The Balaban J connectivity index is 1.82. The molecule has 0 bridgehead atoms. The van der Waals surface area contributed by atoms with Crippen molar-refractivity contribution < 1.29 is 4.39 Å². The van der Waals surface area contributed by atoms with Crippen molar-refractivity contribution >= 4 is 33.5 Å². The van der Waals surface area contributed by atoms with E-state index in [0.717, 1.165) is 48.3 Å². The highest BCUT2D eigenvalue weighted by atomic mass is 32.1. The van der Waals surface area contributed by atoms with E-state index in [-0.39, 0.29) is 5.82 Å². The first-order chi connectivity index (χ1) is 11.1. The van der Waals surface area contributed by atoms with Crippen molar-refractivity contribution in [2.75, 3.05) is 38.5 Å². The Kier molecular flexibility index (Phi) is 3.58. The van der Waals surface area contributed by atoms with Crippen molar-refractivity contribution in [3.8, 4) is 0 Å². The van der Waals surface area contributed by atoms with E-state index in [1.807, 2.05) is 0 Å². The molecule has 0 spiro atoms. The molecule has 23 heavy (non-hydrogen) atoms. The molecule has 0 aliphatic carbocycles. The summed E-state index contributed by atoms with van der Waals surface area (Å²) in [5.41, 5.74) is 2.65. The van der Waals surface area contributed by atoms with Gasteiger partial charge < -0.3 is 15.1 Å². The van der Waals surface area contributed by atoms with Gasteiger partial charge in [-0.05, 0) is 32.2 Å². The van der Waals surface area contributed by atoms with E-state index < -0.39 is 0 Å². The topological polar surface area (TPSA) is 30.9 Å². The van der Waals surface area contributed by atoms with Crippen LogP contribution in [-0.2, 0) is 0 Å². The number of hydrogen-bond acceptors (Lipinski definition) is 5. The molecule has 120 valence electrons. The van der Waals surface area contributed by atoms with E-state index in [1.165, 1.54) is 17.0 Å². The van der Waals surface area contributed by atoms with Crippen LogP contribution in [0.3, 0.4) is 0 Å². The van der Waals surface area contributed by atoms with E-state index >= 15 is 0 Å². The summed E-state index contributed by atoms with van der Waals surface area (Å²) < 4.78 is 13.7.